The zero-order valence-corrected chi connectivity index (χ0v) is 14.0. The number of likely N-dealkylation sites (tertiary alicyclic amines) is 1. The molecule has 0 unspecified atom stereocenters. The van der Waals surface area contributed by atoms with Crippen LogP contribution < -0.4 is 5.32 Å². The Bertz CT molecular complexity index is 698. The van der Waals surface area contributed by atoms with E-state index in [1.807, 2.05) is 13.8 Å². The normalized spacial score (nSPS) is 19.0. The van der Waals surface area contributed by atoms with Crippen LogP contribution in [0.15, 0.2) is 30.3 Å². The fourth-order valence-corrected chi connectivity index (χ4v) is 3.37. The van der Waals surface area contributed by atoms with Gasteiger partial charge in [-0.15, -0.1) is 0 Å². The van der Waals surface area contributed by atoms with Gasteiger partial charge in [0.05, 0.1) is 11.4 Å². The van der Waals surface area contributed by atoms with Gasteiger partial charge in [-0.2, -0.15) is 0 Å². The Labute approximate surface area is 137 Å². The molecule has 4 heteroatoms. The van der Waals surface area contributed by atoms with Gasteiger partial charge in [0.2, 0.25) is 5.91 Å². The zero-order valence-electron chi connectivity index (χ0n) is 14.0. The summed E-state index contributed by atoms with van der Waals surface area (Å²) < 4.78 is 0. The van der Waals surface area contributed by atoms with E-state index in [0.29, 0.717) is 6.54 Å². The van der Waals surface area contributed by atoms with Crippen molar-refractivity contribution >= 4 is 16.8 Å². The molecule has 4 nitrogen and oxygen atoms in total. The highest BCUT2D eigenvalue weighted by Gasteiger charge is 2.25. The molecule has 1 aromatic heterocycles. The Balaban J connectivity index is 1.68. The van der Waals surface area contributed by atoms with Crippen LogP contribution in [-0.2, 0) is 11.3 Å². The molecule has 0 spiro atoms. The number of hydrogen-bond acceptors (Lipinski definition) is 3. The number of rotatable bonds is 4. The lowest BCUT2D eigenvalue weighted by molar-refractivity contribution is -0.126. The third kappa shape index (κ3) is 3.88. The summed E-state index contributed by atoms with van der Waals surface area (Å²) in [6.07, 6.45) is 2.10. The minimum atomic E-state index is 0.133. The van der Waals surface area contributed by atoms with Gasteiger partial charge in [0, 0.05) is 30.7 Å². The lowest BCUT2D eigenvalue weighted by atomic mass is 9.96. The molecular weight excluding hydrogens is 286 g/mol. The molecule has 1 N–H and O–H groups in total. The molecule has 0 saturated carbocycles. The second-order valence-electron chi connectivity index (χ2n) is 6.45. The maximum Gasteiger partial charge on any atom is 0.224 e. The van der Waals surface area contributed by atoms with Crippen LogP contribution in [0.5, 0.6) is 0 Å². The van der Waals surface area contributed by atoms with Crippen LogP contribution in [0.25, 0.3) is 10.9 Å². The van der Waals surface area contributed by atoms with Crippen molar-refractivity contribution in [1.29, 1.82) is 0 Å². The summed E-state index contributed by atoms with van der Waals surface area (Å²) in [6, 6.07) is 10.7. The van der Waals surface area contributed by atoms with Crippen molar-refractivity contribution < 1.29 is 4.79 Å². The smallest absolute Gasteiger partial charge is 0.224 e. The van der Waals surface area contributed by atoms with E-state index in [0.717, 1.165) is 43.7 Å². The summed E-state index contributed by atoms with van der Waals surface area (Å²) in [6.45, 7) is 7.54. The summed E-state index contributed by atoms with van der Waals surface area (Å²) >= 11 is 0. The first-order valence-electron chi connectivity index (χ1n) is 8.52. The number of pyridine rings is 1. The molecule has 23 heavy (non-hydrogen) atoms. The number of nitrogens with zero attached hydrogens (tertiary/aromatic N) is 2. The molecule has 0 bridgehead atoms. The Kier molecular flexibility index (Phi) is 4.91. The van der Waals surface area contributed by atoms with Crippen molar-refractivity contribution in [2.24, 2.45) is 5.92 Å². The number of hydrogen-bond donors (Lipinski definition) is 1. The highest BCUT2D eigenvalue weighted by Crippen LogP contribution is 2.21. The van der Waals surface area contributed by atoms with Crippen LogP contribution in [0.2, 0.25) is 0 Å². The summed E-state index contributed by atoms with van der Waals surface area (Å²) in [5, 5.41) is 4.14. The molecule has 2 aromatic rings. The molecule has 1 fully saturated rings. The van der Waals surface area contributed by atoms with E-state index >= 15 is 0 Å². The fourth-order valence-electron chi connectivity index (χ4n) is 3.37. The third-order valence-electron chi connectivity index (χ3n) is 4.53. The molecule has 0 aliphatic carbocycles. The number of benzene rings is 1. The van der Waals surface area contributed by atoms with Gasteiger partial charge in [-0.05, 0) is 57.0 Å². The molecule has 1 amide bonds. The molecule has 1 saturated heterocycles. The largest absolute Gasteiger partial charge is 0.356 e. The van der Waals surface area contributed by atoms with Gasteiger partial charge >= 0.3 is 0 Å². The van der Waals surface area contributed by atoms with Crippen LogP contribution >= 0.6 is 0 Å². The van der Waals surface area contributed by atoms with E-state index in [2.05, 4.69) is 45.5 Å². The summed E-state index contributed by atoms with van der Waals surface area (Å²) in [4.78, 5) is 19.0. The van der Waals surface area contributed by atoms with Crippen molar-refractivity contribution in [2.45, 2.75) is 33.2 Å². The van der Waals surface area contributed by atoms with Crippen molar-refractivity contribution in [2.75, 3.05) is 19.6 Å². The first kappa shape index (κ1) is 15.9. The van der Waals surface area contributed by atoms with Gasteiger partial charge in [-0.1, -0.05) is 12.1 Å². The molecule has 0 radical (unpaired) electrons. The predicted molar refractivity (Wildman–Crippen MR) is 93.2 cm³/mol. The van der Waals surface area contributed by atoms with Crippen molar-refractivity contribution in [3.05, 3.63) is 41.6 Å². The molecule has 1 atom stereocenters. The minimum absolute atomic E-state index is 0.133. The fraction of sp³-hybridized carbons (Fsp3) is 0.474. The van der Waals surface area contributed by atoms with Crippen LogP contribution in [0.3, 0.4) is 0 Å². The standard InChI is InChI=1S/C19H25N3O/c1-3-20-19(23)17-5-4-10-22(13-17)12-15-7-9-18-16(11-15)8-6-14(2)21-18/h6-9,11,17H,3-5,10,12-13H2,1-2H3,(H,20,23)/t17-/m1/s1. The zero-order chi connectivity index (χ0) is 16.2. The number of piperidine rings is 1. The number of aromatic nitrogens is 1. The summed E-state index contributed by atoms with van der Waals surface area (Å²) in [5.41, 5.74) is 3.39. The maximum atomic E-state index is 12.1. The SMILES string of the molecule is CCNC(=O)[C@@H]1CCCN(Cc2ccc3nc(C)ccc3c2)C1. The average molecular weight is 311 g/mol. The van der Waals surface area contributed by atoms with Gasteiger partial charge in [0.25, 0.3) is 0 Å². The Morgan fingerprint density at radius 1 is 1.35 bits per heavy atom. The number of nitrogens with one attached hydrogen (secondary N) is 1. The molecule has 1 aromatic carbocycles. The van der Waals surface area contributed by atoms with Crippen molar-refractivity contribution in [1.82, 2.24) is 15.2 Å². The molecule has 1 aliphatic heterocycles. The van der Waals surface area contributed by atoms with E-state index in [1.54, 1.807) is 0 Å². The van der Waals surface area contributed by atoms with E-state index in [1.165, 1.54) is 10.9 Å². The highest BCUT2D eigenvalue weighted by molar-refractivity contribution is 5.79. The summed E-state index contributed by atoms with van der Waals surface area (Å²) in [7, 11) is 0. The van der Waals surface area contributed by atoms with E-state index in [4.69, 9.17) is 0 Å². The highest BCUT2D eigenvalue weighted by atomic mass is 16.1. The topological polar surface area (TPSA) is 45.2 Å². The van der Waals surface area contributed by atoms with E-state index < -0.39 is 0 Å². The predicted octanol–water partition coefficient (Wildman–Crippen LogP) is 2.89. The second kappa shape index (κ2) is 7.09. The van der Waals surface area contributed by atoms with Gasteiger partial charge in [-0.3, -0.25) is 14.7 Å². The molecule has 122 valence electrons. The monoisotopic (exact) mass is 311 g/mol. The maximum absolute atomic E-state index is 12.1. The number of aryl methyl sites for hydroxylation is 1. The molecule has 2 heterocycles. The Hall–Kier alpha value is -1.94. The van der Waals surface area contributed by atoms with Gasteiger partial charge in [0.1, 0.15) is 0 Å². The number of amides is 1. The number of carbonyl (C=O) groups is 1. The Morgan fingerprint density at radius 2 is 2.22 bits per heavy atom. The molecule has 1 aliphatic rings. The summed E-state index contributed by atoms with van der Waals surface area (Å²) in [5.74, 6) is 0.337. The lowest BCUT2D eigenvalue weighted by Gasteiger charge is -2.32. The van der Waals surface area contributed by atoms with Crippen molar-refractivity contribution in [3.63, 3.8) is 0 Å². The third-order valence-corrected chi connectivity index (χ3v) is 4.53. The van der Waals surface area contributed by atoms with E-state index in [-0.39, 0.29) is 11.8 Å². The van der Waals surface area contributed by atoms with E-state index in [9.17, 15) is 4.79 Å². The molecular formula is C19H25N3O. The lowest BCUT2D eigenvalue weighted by Crippen LogP contribution is -2.42. The van der Waals surface area contributed by atoms with Crippen LogP contribution in [0.1, 0.15) is 31.0 Å². The first-order valence-corrected chi connectivity index (χ1v) is 8.52. The van der Waals surface area contributed by atoms with Gasteiger partial charge < -0.3 is 5.32 Å². The second-order valence-corrected chi connectivity index (χ2v) is 6.45. The van der Waals surface area contributed by atoms with Crippen LogP contribution in [0.4, 0.5) is 0 Å². The average Bonchev–Trinajstić information content (AvgIpc) is 2.55. The Morgan fingerprint density at radius 3 is 3.04 bits per heavy atom. The quantitative estimate of drug-likeness (QED) is 0.944. The number of fused-ring (bicyclic) bond motifs is 1. The van der Waals surface area contributed by atoms with Crippen molar-refractivity contribution in [3.8, 4) is 0 Å². The van der Waals surface area contributed by atoms with Crippen LogP contribution in [0, 0.1) is 12.8 Å². The van der Waals surface area contributed by atoms with Gasteiger partial charge in [-0.25, -0.2) is 0 Å². The molecule has 3 rings (SSSR count). The minimum Gasteiger partial charge on any atom is -0.356 e. The number of carbonyl (C=O) groups excluding carboxylic acids is 1. The first-order chi connectivity index (χ1) is 11.2. The van der Waals surface area contributed by atoms with Gasteiger partial charge in [0.15, 0.2) is 0 Å². The van der Waals surface area contributed by atoms with Crippen LogP contribution in [-0.4, -0.2) is 35.4 Å².